The summed E-state index contributed by atoms with van der Waals surface area (Å²) in [4.78, 5) is 39.2. The number of carbonyl (C=O) groups is 3. The van der Waals surface area contributed by atoms with Crippen LogP contribution in [0.15, 0.2) is 24.4 Å². The average Bonchev–Trinajstić information content (AvgIpc) is 3.48. The first-order chi connectivity index (χ1) is 16.3. The van der Waals surface area contributed by atoms with Gasteiger partial charge < -0.3 is 20.6 Å². The molecule has 4 rings (SSSR count). The number of hydrogen-bond donors (Lipinski definition) is 4. The average molecular weight is 508 g/mol. The van der Waals surface area contributed by atoms with E-state index in [-0.39, 0.29) is 12.3 Å². The van der Waals surface area contributed by atoms with Crippen molar-refractivity contribution in [1.82, 2.24) is 25.7 Å². The van der Waals surface area contributed by atoms with Crippen LogP contribution in [0.5, 0.6) is 0 Å². The number of aromatic nitrogens is 2. The molecule has 3 amide bonds. The molecule has 0 saturated carbocycles. The maximum Gasteiger partial charge on any atom is 0.405 e. The Morgan fingerprint density at radius 1 is 1.24 bits per heavy atom. The van der Waals surface area contributed by atoms with E-state index in [2.05, 4.69) is 20.8 Å². The largest absolute Gasteiger partial charge is 0.465 e. The minimum absolute atomic E-state index is 0.0992. The molecular formula is C23H27Cl2N5O4. The molecule has 1 unspecified atom stereocenters. The standard InChI is InChI=1S/C23H27Cl2N5O4/c24-16-5-3-13(9-17(16)25)10-19(28-23(33)34)22(32)30-7-1-2-20(30)21(31)26-11-14-4-6-18-15(8-14)12-27-29-18/h3,5,9,12,14,19-20,28H,1-2,4,6-8,10-11H2,(H,26,31)(H,27,29)(H,33,34)/t14?,19-,20+/m1/s1. The third-order valence-electron chi connectivity index (χ3n) is 6.54. The van der Waals surface area contributed by atoms with Gasteiger partial charge >= 0.3 is 6.09 Å². The Hall–Kier alpha value is -2.78. The van der Waals surface area contributed by atoms with Crippen molar-refractivity contribution in [2.24, 2.45) is 5.92 Å². The van der Waals surface area contributed by atoms with Crippen LogP contribution in [0.3, 0.4) is 0 Å². The maximum absolute atomic E-state index is 13.3. The monoisotopic (exact) mass is 507 g/mol. The van der Waals surface area contributed by atoms with Gasteiger partial charge in [0.25, 0.3) is 0 Å². The lowest BCUT2D eigenvalue weighted by atomic mass is 9.88. The van der Waals surface area contributed by atoms with Gasteiger partial charge in [-0.05, 0) is 61.3 Å². The molecule has 9 nitrogen and oxygen atoms in total. The zero-order valence-electron chi connectivity index (χ0n) is 18.5. The SMILES string of the molecule is O=C(O)N[C@H](Cc1ccc(Cl)c(Cl)c1)C(=O)N1CCC[C@H]1C(=O)NCC1CCc2[nH]ncc2C1. The van der Waals surface area contributed by atoms with Crippen LogP contribution in [0.4, 0.5) is 4.79 Å². The van der Waals surface area contributed by atoms with Gasteiger partial charge in [0.15, 0.2) is 0 Å². The third kappa shape index (κ3) is 5.64. The van der Waals surface area contributed by atoms with Gasteiger partial charge in [-0.2, -0.15) is 5.10 Å². The molecule has 1 aliphatic heterocycles. The second-order valence-electron chi connectivity index (χ2n) is 8.87. The molecule has 0 radical (unpaired) electrons. The second kappa shape index (κ2) is 10.7. The molecule has 0 spiro atoms. The molecular weight excluding hydrogens is 481 g/mol. The van der Waals surface area contributed by atoms with Crippen LogP contribution in [0.2, 0.25) is 10.0 Å². The summed E-state index contributed by atoms with van der Waals surface area (Å²) in [5, 5.41) is 22.4. The number of rotatable bonds is 7. The fraction of sp³-hybridized carbons (Fsp3) is 0.478. The molecule has 2 aliphatic rings. The van der Waals surface area contributed by atoms with E-state index in [9.17, 15) is 19.5 Å². The number of carbonyl (C=O) groups excluding carboxylic acids is 2. The first-order valence-electron chi connectivity index (χ1n) is 11.3. The van der Waals surface area contributed by atoms with Crippen molar-refractivity contribution < 1.29 is 19.5 Å². The van der Waals surface area contributed by atoms with Gasteiger partial charge in [-0.15, -0.1) is 0 Å². The van der Waals surface area contributed by atoms with E-state index in [0.717, 1.165) is 25.0 Å². The molecule has 3 atom stereocenters. The predicted octanol–water partition coefficient (Wildman–Crippen LogP) is 2.81. The summed E-state index contributed by atoms with van der Waals surface area (Å²) in [6.07, 6.45) is 4.56. The Bertz CT molecular complexity index is 1080. The van der Waals surface area contributed by atoms with Gasteiger partial charge in [0.2, 0.25) is 11.8 Å². The van der Waals surface area contributed by atoms with Crippen LogP contribution >= 0.6 is 23.2 Å². The molecule has 1 aliphatic carbocycles. The number of carboxylic acid groups (broad SMARTS) is 1. The van der Waals surface area contributed by atoms with Crippen molar-refractivity contribution in [1.29, 1.82) is 0 Å². The lowest BCUT2D eigenvalue weighted by Crippen LogP contribution is -2.54. The number of aryl methyl sites for hydroxylation is 1. The first-order valence-corrected chi connectivity index (χ1v) is 12.1. The first kappa shape index (κ1) is 24.3. The number of benzene rings is 1. The minimum atomic E-state index is -1.31. The predicted molar refractivity (Wildman–Crippen MR) is 127 cm³/mol. The highest BCUT2D eigenvalue weighted by Crippen LogP contribution is 2.26. The Morgan fingerprint density at radius 2 is 2.06 bits per heavy atom. The minimum Gasteiger partial charge on any atom is -0.465 e. The van der Waals surface area contributed by atoms with Crippen molar-refractivity contribution in [2.45, 2.75) is 50.6 Å². The number of amides is 3. The van der Waals surface area contributed by atoms with Gasteiger partial charge in [-0.25, -0.2) is 4.79 Å². The Kier molecular flexibility index (Phi) is 7.63. The van der Waals surface area contributed by atoms with E-state index in [1.165, 1.54) is 10.5 Å². The molecule has 34 heavy (non-hydrogen) atoms. The molecule has 2 heterocycles. The topological polar surface area (TPSA) is 127 Å². The van der Waals surface area contributed by atoms with Crippen molar-refractivity contribution in [2.75, 3.05) is 13.1 Å². The van der Waals surface area contributed by atoms with Crippen molar-refractivity contribution in [3.05, 3.63) is 51.3 Å². The molecule has 2 aromatic rings. The third-order valence-corrected chi connectivity index (χ3v) is 7.28. The molecule has 1 fully saturated rings. The summed E-state index contributed by atoms with van der Waals surface area (Å²) in [5.74, 6) is -0.310. The highest BCUT2D eigenvalue weighted by atomic mass is 35.5. The van der Waals surface area contributed by atoms with Crippen LogP contribution in [0.25, 0.3) is 0 Å². The van der Waals surface area contributed by atoms with Gasteiger partial charge in [-0.1, -0.05) is 29.3 Å². The summed E-state index contributed by atoms with van der Waals surface area (Å²) in [7, 11) is 0. The number of aromatic amines is 1. The number of H-pyrrole nitrogens is 1. The highest BCUT2D eigenvalue weighted by Gasteiger charge is 2.38. The zero-order chi connectivity index (χ0) is 24.2. The van der Waals surface area contributed by atoms with Gasteiger partial charge in [-0.3, -0.25) is 14.7 Å². The summed E-state index contributed by atoms with van der Waals surface area (Å²) in [5.41, 5.74) is 3.01. The molecule has 1 aromatic heterocycles. The molecule has 1 saturated heterocycles. The molecule has 182 valence electrons. The smallest absolute Gasteiger partial charge is 0.405 e. The lowest BCUT2D eigenvalue weighted by molar-refractivity contribution is -0.140. The highest BCUT2D eigenvalue weighted by molar-refractivity contribution is 6.42. The normalized spacial score (nSPS) is 20.5. The number of nitrogens with one attached hydrogen (secondary N) is 3. The Balaban J connectivity index is 1.39. The van der Waals surface area contributed by atoms with Crippen molar-refractivity contribution >= 4 is 41.1 Å². The molecule has 4 N–H and O–H groups in total. The quantitative estimate of drug-likeness (QED) is 0.458. The van der Waals surface area contributed by atoms with Crippen LogP contribution in [-0.2, 0) is 28.9 Å². The van der Waals surface area contributed by atoms with E-state index >= 15 is 0 Å². The van der Waals surface area contributed by atoms with Crippen molar-refractivity contribution in [3.8, 4) is 0 Å². The van der Waals surface area contributed by atoms with E-state index in [0.29, 0.717) is 47.5 Å². The van der Waals surface area contributed by atoms with E-state index in [4.69, 9.17) is 23.2 Å². The summed E-state index contributed by atoms with van der Waals surface area (Å²) in [6, 6.07) is 3.25. The number of halogens is 2. The van der Waals surface area contributed by atoms with E-state index in [1.54, 1.807) is 18.2 Å². The molecule has 1 aromatic carbocycles. The summed E-state index contributed by atoms with van der Waals surface area (Å²) < 4.78 is 0. The molecule has 0 bridgehead atoms. The van der Waals surface area contributed by atoms with Crippen LogP contribution in [-0.4, -0.2) is 63.3 Å². The molecule has 11 heteroatoms. The van der Waals surface area contributed by atoms with Crippen LogP contribution in [0, 0.1) is 5.92 Å². The number of hydrogen-bond acceptors (Lipinski definition) is 4. The van der Waals surface area contributed by atoms with Gasteiger partial charge in [0.05, 0.1) is 16.2 Å². The number of likely N-dealkylation sites (tertiary alicyclic amines) is 1. The van der Waals surface area contributed by atoms with Gasteiger partial charge in [0, 0.05) is 25.2 Å². The maximum atomic E-state index is 13.3. The number of fused-ring (bicyclic) bond motifs is 1. The van der Waals surface area contributed by atoms with Crippen LogP contribution < -0.4 is 10.6 Å². The van der Waals surface area contributed by atoms with E-state index in [1.807, 2.05) is 6.20 Å². The van der Waals surface area contributed by atoms with Crippen molar-refractivity contribution in [3.63, 3.8) is 0 Å². The Labute approximate surface area is 207 Å². The summed E-state index contributed by atoms with van der Waals surface area (Å²) >= 11 is 12.0. The fourth-order valence-corrected chi connectivity index (χ4v) is 5.10. The van der Waals surface area contributed by atoms with Crippen LogP contribution in [0.1, 0.15) is 36.1 Å². The van der Waals surface area contributed by atoms with E-state index < -0.39 is 24.1 Å². The van der Waals surface area contributed by atoms with Gasteiger partial charge in [0.1, 0.15) is 12.1 Å². The zero-order valence-corrected chi connectivity index (χ0v) is 20.0. The Morgan fingerprint density at radius 3 is 2.82 bits per heavy atom. The fourth-order valence-electron chi connectivity index (χ4n) is 4.78. The number of nitrogens with zero attached hydrogens (tertiary/aromatic N) is 2. The lowest BCUT2D eigenvalue weighted by Gasteiger charge is -2.29. The summed E-state index contributed by atoms with van der Waals surface area (Å²) in [6.45, 7) is 0.931. The second-order valence-corrected chi connectivity index (χ2v) is 9.69.